The molecule has 0 fully saturated rings. The highest BCUT2D eigenvalue weighted by Gasteiger charge is 2.50. The molecule has 1 atom stereocenters. The number of fused-ring (bicyclic) bond motifs is 1. The molecule has 1 aliphatic heterocycles. The van der Waals surface area contributed by atoms with Gasteiger partial charge in [-0.05, 0) is 60.9 Å². The van der Waals surface area contributed by atoms with Crippen LogP contribution in [0.4, 0.5) is 0 Å². The third-order valence-corrected chi connectivity index (χ3v) is 5.94. The fourth-order valence-electron chi connectivity index (χ4n) is 3.94. The fourth-order valence-corrected chi connectivity index (χ4v) is 3.94. The van der Waals surface area contributed by atoms with Gasteiger partial charge in [0, 0.05) is 6.07 Å². The van der Waals surface area contributed by atoms with Gasteiger partial charge in [-0.3, -0.25) is 14.4 Å². The van der Waals surface area contributed by atoms with Crippen molar-refractivity contribution in [3.8, 4) is 11.5 Å². The molecular weight excluding hydrogens is 476 g/mol. The lowest BCUT2D eigenvalue weighted by Gasteiger charge is -2.31. The van der Waals surface area contributed by atoms with Gasteiger partial charge < -0.3 is 18.9 Å². The zero-order valence-electron chi connectivity index (χ0n) is 20.5. The summed E-state index contributed by atoms with van der Waals surface area (Å²) in [5.74, 6) is -1.38. The maximum Gasteiger partial charge on any atom is 0.343 e. The summed E-state index contributed by atoms with van der Waals surface area (Å²) in [7, 11) is 1.40. The van der Waals surface area contributed by atoms with Gasteiger partial charge in [0.2, 0.25) is 17.2 Å². The van der Waals surface area contributed by atoms with Crippen molar-refractivity contribution in [3.05, 3.63) is 107 Å². The van der Waals surface area contributed by atoms with E-state index in [1.807, 2.05) is 30.3 Å². The van der Waals surface area contributed by atoms with Crippen molar-refractivity contribution in [2.75, 3.05) is 7.11 Å². The van der Waals surface area contributed by atoms with E-state index in [2.05, 4.69) is 0 Å². The first-order valence-electron chi connectivity index (χ1n) is 11.4. The molecule has 8 nitrogen and oxygen atoms in total. The largest absolute Gasteiger partial charge is 0.496 e. The normalized spacial score (nSPS) is 18.7. The van der Waals surface area contributed by atoms with Gasteiger partial charge in [0.05, 0.1) is 12.7 Å². The summed E-state index contributed by atoms with van der Waals surface area (Å²) in [5, 5.41) is 0. The lowest BCUT2D eigenvalue weighted by molar-refractivity contribution is -0.145. The third kappa shape index (κ3) is 5.13. The lowest BCUT2D eigenvalue weighted by atomic mass is 9.80. The molecule has 0 amide bonds. The smallest absolute Gasteiger partial charge is 0.343 e. The van der Waals surface area contributed by atoms with Crippen LogP contribution in [0.15, 0.2) is 89.9 Å². The first-order chi connectivity index (χ1) is 17.8. The van der Waals surface area contributed by atoms with Gasteiger partial charge in [0.25, 0.3) is 0 Å². The van der Waals surface area contributed by atoms with Crippen molar-refractivity contribution in [1.29, 1.82) is 0 Å². The van der Waals surface area contributed by atoms with Crippen molar-refractivity contribution in [2.24, 2.45) is 0 Å². The molecule has 0 radical (unpaired) electrons. The van der Waals surface area contributed by atoms with E-state index in [1.165, 1.54) is 44.6 Å². The predicted octanol–water partition coefficient (Wildman–Crippen LogP) is 4.13. The van der Waals surface area contributed by atoms with E-state index in [-0.39, 0.29) is 22.6 Å². The number of allylic oxidation sites excluding steroid dienone is 4. The van der Waals surface area contributed by atoms with Gasteiger partial charge in [-0.2, -0.15) is 0 Å². The van der Waals surface area contributed by atoms with Gasteiger partial charge >= 0.3 is 5.97 Å². The second kappa shape index (κ2) is 10.5. The molecule has 2 aromatic carbocycles. The average Bonchev–Trinajstić information content (AvgIpc) is 2.89. The molecule has 0 saturated heterocycles. The lowest BCUT2D eigenvalue weighted by Crippen LogP contribution is -2.50. The van der Waals surface area contributed by atoms with E-state index in [4.69, 9.17) is 18.9 Å². The molecule has 2 aromatic rings. The highest BCUT2D eigenvalue weighted by atomic mass is 16.6. The quantitative estimate of drug-likeness (QED) is 0.231. The minimum absolute atomic E-state index is 0.0706. The highest BCUT2D eigenvalue weighted by Crippen LogP contribution is 2.36. The van der Waals surface area contributed by atoms with Crippen LogP contribution in [0.1, 0.15) is 28.4 Å². The first-order valence-corrected chi connectivity index (χ1v) is 11.4. The monoisotopic (exact) mass is 500 g/mol. The molecule has 37 heavy (non-hydrogen) atoms. The fraction of sp³-hybridized carbons (Fsp3) is 0.172. The van der Waals surface area contributed by atoms with Crippen LogP contribution in [0.2, 0.25) is 0 Å². The Bertz CT molecular complexity index is 1390. The van der Waals surface area contributed by atoms with Crippen LogP contribution in [-0.4, -0.2) is 36.5 Å². The predicted molar refractivity (Wildman–Crippen MR) is 133 cm³/mol. The molecule has 0 bridgehead atoms. The molecule has 0 unspecified atom stereocenters. The maximum absolute atomic E-state index is 13.3. The Morgan fingerprint density at radius 3 is 2.57 bits per heavy atom. The summed E-state index contributed by atoms with van der Waals surface area (Å²) in [6.07, 6.45) is 7.02. The number of aryl methyl sites for hydroxylation is 1. The van der Waals surface area contributed by atoms with Crippen molar-refractivity contribution in [1.82, 2.24) is 0 Å². The van der Waals surface area contributed by atoms with Gasteiger partial charge in [0.15, 0.2) is 0 Å². The number of benzene rings is 2. The minimum Gasteiger partial charge on any atom is -0.496 e. The number of methoxy groups -OCH3 is 1. The number of carbonyl (C=O) groups excluding carboxylic acids is 4. The number of carbonyl (C=O) groups is 4. The number of esters is 1. The molecular formula is C29H24O8. The Kier molecular flexibility index (Phi) is 7.20. The van der Waals surface area contributed by atoms with Crippen LogP contribution < -0.4 is 9.47 Å². The molecule has 0 N–H and O–H groups in total. The van der Waals surface area contributed by atoms with E-state index in [0.29, 0.717) is 29.8 Å². The van der Waals surface area contributed by atoms with Gasteiger partial charge in [0.1, 0.15) is 42.0 Å². The van der Waals surface area contributed by atoms with Crippen LogP contribution >= 0.6 is 0 Å². The summed E-state index contributed by atoms with van der Waals surface area (Å²) in [5.41, 5.74) is -0.195. The molecule has 8 heteroatoms. The van der Waals surface area contributed by atoms with E-state index < -0.39 is 23.1 Å². The number of hydrogen-bond donors (Lipinski definition) is 0. The van der Waals surface area contributed by atoms with Crippen LogP contribution in [0.5, 0.6) is 11.5 Å². The number of aldehydes is 1. The second-order valence-electron chi connectivity index (χ2n) is 8.50. The van der Waals surface area contributed by atoms with Gasteiger partial charge in [-0.1, -0.05) is 30.3 Å². The van der Waals surface area contributed by atoms with E-state index in [0.717, 1.165) is 5.56 Å². The minimum atomic E-state index is -2.10. The van der Waals surface area contributed by atoms with E-state index >= 15 is 0 Å². The average molecular weight is 501 g/mol. The van der Waals surface area contributed by atoms with Crippen molar-refractivity contribution in [2.45, 2.75) is 26.1 Å². The maximum atomic E-state index is 13.3. The number of Topliss-reactive ketones (excluding diaryl/α,β-unsaturated/α-hetero) is 1. The molecule has 1 aliphatic carbocycles. The molecule has 2 aliphatic rings. The van der Waals surface area contributed by atoms with Gasteiger partial charge in [-0.15, -0.1) is 0 Å². The standard InChI is InChI=1S/C29H24O8/c1-18-12-22(35-16-19-8-5-4-6-9-19)15-24(34-3)26(18)28(33)37-29(2)25(31)14-20-13-21(10-7-11-30)36-17-23(20)27(29)32/h4-15,17H,16H2,1-3H3/b10-7+/t29-/m1/s1. The Balaban J connectivity index is 1.57. The Morgan fingerprint density at radius 1 is 1.11 bits per heavy atom. The topological polar surface area (TPSA) is 105 Å². The molecule has 0 aromatic heterocycles. The number of rotatable bonds is 8. The zero-order chi connectivity index (χ0) is 26.6. The van der Waals surface area contributed by atoms with Crippen LogP contribution in [0.25, 0.3) is 0 Å². The molecule has 0 saturated carbocycles. The van der Waals surface area contributed by atoms with Crippen molar-refractivity contribution < 1.29 is 38.1 Å². The SMILES string of the molecule is COc1cc(OCc2ccccc2)cc(C)c1C(=O)O[C@]1(C)C(=O)C=C2C=C(/C=C/C=O)OC=C2C1=O. The Morgan fingerprint density at radius 2 is 1.86 bits per heavy atom. The number of ether oxygens (including phenoxy) is 4. The summed E-state index contributed by atoms with van der Waals surface area (Å²) in [6, 6.07) is 12.8. The third-order valence-electron chi connectivity index (χ3n) is 5.94. The molecule has 4 rings (SSSR count). The number of hydrogen-bond acceptors (Lipinski definition) is 8. The van der Waals surface area contributed by atoms with E-state index in [1.54, 1.807) is 19.1 Å². The Labute approximate surface area is 213 Å². The van der Waals surface area contributed by atoms with Gasteiger partial charge in [-0.25, -0.2) is 4.79 Å². The van der Waals surface area contributed by atoms with Crippen molar-refractivity contribution in [3.63, 3.8) is 0 Å². The summed E-state index contributed by atoms with van der Waals surface area (Å²) in [6.45, 7) is 3.24. The molecule has 188 valence electrons. The molecule has 1 heterocycles. The Hall–Kier alpha value is -4.72. The molecule has 0 spiro atoms. The van der Waals surface area contributed by atoms with Crippen molar-refractivity contribution >= 4 is 23.8 Å². The highest BCUT2D eigenvalue weighted by molar-refractivity contribution is 6.26. The first kappa shape index (κ1) is 25.4. The summed E-state index contributed by atoms with van der Waals surface area (Å²) >= 11 is 0. The number of ketones is 2. The van der Waals surface area contributed by atoms with Crippen LogP contribution in [0, 0.1) is 6.92 Å². The van der Waals surface area contributed by atoms with E-state index in [9.17, 15) is 19.2 Å². The van der Waals surface area contributed by atoms with Crippen LogP contribution in [-0.2, 0) is 30.5 Å². The van der Waals surface area contributed by atoms with Crippen LogP contribution in [0.3, 0.4) is 0 Å². The summed E-state index contributed by atoms with van der Waals surface area (Å²) < 4.78 is 22.2. The summed E-state index contributed by atoms with van der Waals surface area (Å²) in [4.78, 5) is 50.0. The second-order valence-corrected chi connectivity index (χ2v) is 8.50. The zero-order valence-corrected chi connectivity index (χ0v) is 20.5.